The molecule has 1 fully saturated rings. The molecule has 2 aliphatic heterocycles. The Balaban J connectivity index is 1.73. The van der Waals surface area contributed by atoms with E-state index in [1.807, 2.05) is 18.2 Å². The maximum absolute atomic E-state index is 12.9. The van der Waals surface area contributed by atoms with Gasteiger partial charge in [0.2, 0.25) is 0 Å². The van der Waals surface area contributed by atoms with Crippen molar-refractivity contribution >= 4 is 17.5 Å². The number of aliphatic hydroxyl groups is 1. The number of fused-ring (bicyclic) bond motifs is 1. The van der Waals surface area contributed by atoms with E-state index in [4.69, 9.17) is 9.84 Å². The van der Waals surface area contributed by atoms with E-state index in [0.29, 0.717) is 63.2 Å². The summed E-state index contributed by atoms with van der Waals surface area (Å²) in [4.78, 5) is 30.8. The monoisotopic (exact) mass is 361 g/mol. The van der Waals surface area contributed by atoms with Crippen molar-refractivity contribution in [3.05, 3.63) is 23.8 Å². The smallest absolute Gasteiger partial charge is 0.316 e. The zero-order valence-corrected chi connectivity index (χ0v) is 15.5. The van der Waals surface area contributed by atoms with Crippen LogP contribution in [-0.2, 0) is 9.59 Å². The summed E-state index contributed by atoms with van der Waals surface area (Å²) in [5.74, 6) is 0.0200. The zero-order valence-electron chi connectivity index (χ0n) is 15.5. The Labute approximate surface area is 154 Å². The quantitative estimate of drug-likeness (QED) is 0.801. The Morgan fingerprint density at radius 3 is 2.50 bits per heavy atom. The van der Waals surface area contributed by atoms with E-state index in [0.717, 1.165) is 5.56 Å². The summed E-state index contributed by atoms with van der Waals surface area (Å²) in [6, 6.07) is 5.82. The van der Waals surface area contributed by atoms with Crippen LogP contribution in [0.15, 0.2) is 18.2 Å². The van der Waals surface area contributed by atoms with Gasteiger partial charge in [-0.15, -0.1) is 0 Å². The molecule has 0 aliphatic carbocycles. The van der Waals surface area contributed by atoms with Crippen LogP contribution >= 0.6 is 0 Å². The maximum atomic E-state index is 12.9. The van der Waals surface area contributed by atoms with Crippen LogP contribution in [0.5, 0.6) is 5.75 Å². The van der Waals surface area contributed by atoms with E-state index >= 15 is 0 Å². The lowest BCUT2D eigenvalue weighted by Crippen LogP contribution is -2.54. The van der Waals surface area contributed by atoms with Crippen molar-refractivity contribution in [3.8, 4) is 5.75 Å². The molecule has 2 amide bonds. The van der Waals surface area contributed by atoms with E-state index in [1.54, 1.807) is 9.80 Å². The van der Waals surface area contributed by atoms with Gasteiger partial charge in [-0.05, 0) is 23.6 Å². The Kier molecular flexibility index (Phi) is 5.78. The van der Waals surface area contributed by atoms with Gasteiger partial charge >= 0.3 is 11.8 Å². The van der Waals surface area contributed by atoms with Crippen molar-refractivity contribution in [2.24, 2.45) is 0 Å². The molecule has 26 heavy (non-hydrogen) atoms. The molecule has 1 aromatic carbocycles. The first-order valence-corrected chi connectivity index (χ1v) is 9.22. The van der Waals surface area contributed by atoms with E-state index in [2.05, 4.69) is 18.7 Å². The molecule has 0 atom stereocenters. The predicted molar refractivity (Wildman–Crippen MR) is 98.5 cm³/mol. The fraction of sp³-hybridized carbons (Fsp3) is 0.579. The topological polar surface area (TPSA) is 73.3 Å². The lowest BCUT2D eigenvalue weighted by Gasteiger charge is -2.36. The van der Waals surface area contributed by atoms with Gasteiger partial charge in [0.05, 0.1) is 18.8 Å². The van der Waals surface area contributed by atoms with E-state index in [1.165, 1.54) is 0 Å². The number of anilines is 1. The van der Waals surface area contributed by atoms with Crippen LogP contribution in [0.3, 0.4) is 0 Å². The second kappa shape index (κ2) is 8.05. The number of rotatable bonds is 3. The average molecular weight is 361 g/mol. The maximum Gasteiger partial charge on any atom is 0.316 e. The van der Waals surface area contributed by atoms with E-state index < -0.39 is 11.8 Å². The SMILES string of the molecule is CC(C)c1ccc2c(c1)N(C(=O)C(=O)N1CCN(CCO)CC1)CCO2. The highest BCUT2D eigenvalue weighted by molar-refractivity contribution is 6.40. The largest absolute Gasteiger partial charge is 0.490 e. The molecule has 1 N–H and O–H groups in total. The number of β-amino-alcohol motifs (C(OH)–C–C–N with tert-alkyl or cyclic N) is 1. The molecule has 7 heteroatoms. The number of hydrogen-bond acceptors (Lipinski definition) is 5. The summed E-state index contributed by atoms with van der Waals surface area (Å²) in [6.45, 7) is 8.03. The van der Waals surface area contributed by atoms with Gasteiger partial charge in [-0.1, -0.05) is 19.9 Å². The molecular formula is C19H27N3O4. The summed E-state index contributed by atoms with van der Waals surface area (Å²) in [5, 5.41) is 9.01. The Morgan fingerprint density at radius 1 is 1.12 bits per heavy atom. The normalized spacial score (nSPS) is 17.8. The summed E-state index contributed by atoms with van der Waals surface area (Å²) >= 11 is 0. The molecule has 0 saturated carbocycles. The Bertz CT molecular complexity index is 669. The molecular weight excluding hydrogens is 334 g/mol. The number of amides is 2. The van der Waals surface area contributed by atoms with Crippen LogP contribution in [0.1, 0.15) is 25.3 Å². The van der Waals surface area contributed by atoms with Crippen molar-refractivity contribution in [1.82, 2.24) is 9.80 Å². The highest BCUT2D eigenvalue weighted by Gasteiger charge is 2.33. The average Bonchev–Trinajstić information content (AvgIpc) is 2.66. The van der Waals surface area contributed by atoms with Crippen molar-refractivity contribution in [3.63, 3.8) is 0 Å². The molecule has 2 aliphatic rings. The summed E-state index contributed by atoms with van der Waals surface area (Å²) < 4.78 is 5.66. The van der Waals surface area contributed by atoms with Crippen molar-refractivity contribution < 1.29 is 19.4 Å². The highest BCUT2D eigenvalue weighted by Crippen LogP contribution is 2.34. The van der Waals surface area contributed by atoms with Crippen LogP contribution < -0.4 is 9.64 Å². The minimum Gasteiger partial charge on any atom is -0.490 e. The van der Waals surface area contributed by atoms with Gasteiger partial charge in [0, 0.05) is 32.7 Å². The first-order chi connectivity index (χ1) is 12.5. The van der Waals surface area contributed by atoms with Crippen LogP contribution in [0, 0.1) is 0 Å². The number of benzene rings is 1. The van der Waals surface area contributed by atoms with Gasteiger partial charge in [-0.25, -0.2) is 0 Å². The predicted octanol–water partition coefficient (Wildman–Crippen LogP) is 0.672. The van der Waals surface area contributed by atoms with Gasteiger partial charge in [0.25, 0.3) is 0 Å². The van der Waals surface area contributed by atoms with E-state index in [-0.39, 0.29) is 6.61 Å². The number of nitrogens with zero attached hydrogens (tertiary/aromatic N) is 3. The first-order valence-electron chi connectivity index (χ1n) is 9.22. The number of aliphatic hydroxyl groups excluding tert-OH is 1. The van der Waals surface area contributed by atoms with Gasteiger partial charge in [-0.3, -0.25) is 19.4 Å². The molecule has 1 saturated heterocycles. The third-order valence-corrected chi connectivity index (χ3v) is 5.02. The minimum absolute atomic E-state index is 0.107. The van der Waals surface area contributed by atoms with Crippen LogP contribution in [-0.4, -0.2) is 79.2 Å². The van der Waals surface area contributed by atoms with Gasteiger partial charge < -0.3 is 14.7 Å². The molecule has 0 unspecified atom stereocenters. The molecule has 1 aromatic rings. The lowest BCUT2D eigenvalue weighted by atomic mass is 10.0. The first kappa shape index (κ1) is 18.7. The van der Waals surface area contributed by atoms with Crippen molar-refractivity contribution in [2.75, 3.05) is 57.4 Å². The fourth-order valence-corrected chi connectivity index (χ4v) is 3.37. The summed E-state index contributed by atoms with van der Waals surface area (Å²) in [7, 11) is 0. The van der Waals surface area contributed by atoms with Crippen molar-refractivity contribution in [2.45, 2.75) is 19.8 Å². The van der Waals surface area contributed by atoms with Crippen LogP contribution in [0.2, 0.25) is 0 Å². The number of piperazine rings is 1. The summed E-state index contributed by atoms with van der Waals surface area (Å²) in [5.41, 5.74) is 1.79. The number of carbonyl (C=O) groups is 2. The second-order valence-corrected chi connectivity index (χ2v) is 7.04. The Hall–Kier alpha value is -2.12. The van der Waals surface area contributed by atoms with Gasteiger partial charge in [-0.2, -0.15) is 0 Å². The highest BCUT2D eigenvalue weighted by atomic mass is 16.5. The standard InChI is InChI=1S/C19H27N3O4/c1-14(2)15-3-4-17-16(13-15)22(10-12-26-17)19(25)18(24)21-7-5-20(6-8-21)9-11-23/h3-4,13-14,23H,5-12H2,1-2H3. The molecule has 7 nitrogen and oxygen atoms in total. The molecule has 2 heterocycles. The minimum atomic E-state index is -0.494. The molecule has 3 rings (SSSR count). The third kappa shape index (κ3) is 3.83. The molecule has 0 radical (unpaired) electrons. The number of ether oxygens (including phenoxy) is 1. The number of carbonyl (C=O) groups excluding carboxylic acids is 2. The molecule has 0 bridgehead atoms. The zero-order chi connectivity index (χ0) is 18.7. The second-order valence-electron chi connectivity index (χ2n) is 7.04. The van der Waals surface area contributed by atoms with E-state index in [9.17, 15) is 9.59 Å². The van der Waals surface area contributed by atoms with Gasteiger partial charge in [0.1, 0.15) is 12.4 Å². The third-order valence-electron chi connectivity index (χ3n) is 5.02. The van der Waals surface area contributed by atoms with Crippen LogP contribution in [0.25, 0.3) is 0 Å². The van der Waals surface area contributed by atoms with Crippen LogP contribution in [0.4, 0.5) is 5.69 Å². The Morgan fingerprint density at radius 2 is 1.85 bits per heavy atom. The molecule has 0 aromatic heterocycles. The fourth-order valence-electron chi connectivity index (χ4n) is 3.37. The summed E-state index contributed by atoms with van der Waals surface area (Å²) in [6.07, 6.45) is 0. The molecule has 0 spiro atoms. The van der Waals surface area contributed by atoms with Gasteiger partial charge in [0.15, 0.2) is 0 Å². The van der Waals surface area contributed by atoms with Crippen molar-refractivity contribution in [1.29, 1.82) is 0 Å². The number of hydrogen-bond donors (Lipinski definition) is 1. The molecule has 142 valence electrons. The lowest BCUT2D eigenvalue weighted by molar-refractivity contribution is -0.145.